The van der Waals surface area contributed by atoms with E-state index in [0.717, 1.165) is 6.54 Å². The van der Waals surface area contributed by atoms with Crippen LogP contribution in [0.3, 0.4) is 0 Å². The number of nitrogens with zero attached hydrogens (tertiary/aromatic N) is 1. The van der Waals surface area contributed by atoms with E-state index in [9.17, 15) is 4.39 Å². The minimum atomic E-state index is -0.238. The number of methoxy groups -OCH3 is 1. The van der Waals surface area contributed by atoms with Crippen LogP contribution < -0.4 is 0 Å². The third kappa shape index (κ3) is 4.31. The van der Waals surface area contributed by atoms with Crippen LogP contribution in [0, 0.1) is 17.7 Å². The summed E-state index contributed by atoms with van der Waals surface area (Å²) in [6.45, 7) is 1.88. The van der Waals surface area contributed by atoms with Crippen LogP contribution in [-0.4, -0.2) is 42.9 Å². The summed E-state index contributed by atoms with van der Waals surface area (Å²) in [5.74, 6) is 4.99. The summed E-state index contributed by atoms with van der Waals surface area (Å²) in [5, 5.41) is 8.63. The van der Waals surface area contributed by atoms with E-state index < -0.39 is 0 Å². The van der Waals surface area contributed by atoms with Crippen molar-refractivity contribution in [3.05, 3.63) is 35.1 Å². The van der Waals surface area contributed by atoms with Crippen molar-refractivity contribution in [2.75, 3.05) is 26.9 Å². The van der Waals surface area contributed by atoms with Gasteiger partial charge in [0, 0.05) is 37.4 Å². The molecule has 0 radical (unpaired) electrons. The molecule has 1 N–H and O–H groups in total. The Morgan fingerprint density at radius 3 is 2.85 bits per heavy atom. The first-order chi connectivity index (χ1) is 9.74. The molecule has 0 aliphatic heterocycles. The van der Waals surface area contributed by atoms with Crippen LogP contribution in [0.5, 0.6) is 0 Å². The number of halogens is 1. The second-order valence-corrected chi connectivity index (χ2v) is 4.96. The molecule has 1 aromatic rings. The molecule has 2 rings (SSSR count). The number of hydrogen-bond donors (Lipinski definition) is 1. The Balaban J connectivity index is 2.03. The van der Waals surface area contributed by atoms with Gasteiger partial charge >= 0.3 is 0 Å². The molecule has 108 valence electrons. The summed E-state index contributed by atoms with van der Waals surface area (Å²) >= 11 is 0. The molecule has 1 saturated carbocycles. The van der Waals surface area contributed by atoms with Gasteiger partial charge in [-0.15, -0.1) is 0 Å². The quantitative estimate of drug-likeness (QED) is 0.805. The zero-order valence-electron chi connectivity index (χ0n) is 11.7. The summed E-state index contributed by atoms with van der Waals surface area (Å²) in [4.78, 5) is 2.26. The lowest BCUT2D eigenvalue weighted by Crippen LogP contribution is -2.29. The van der Waals surface area contributed by atoms with Gasteiger partial charge in [0.15, 0.2) is 0 Å². The standard InChI is InChI=1S/C16H20FNO2/c1-20-10-8-18(15-6-7-15)12-14-5-4-13(3-2-9-19)11-16(14)17/h4-5,11,15,19H,6-10,12H2,1H3. The second-order valence-electron chi connectivity index (χ2n) is 4.96. The number of hydrogen-bond acceptors (Lipinski definition) is 3. The summed E-state index contributed by atoms with van der Waals surface area (Å²) in [6, 6.07) is 5.57. The molecule has 0 bridgehead atoms. The minimum absolute atomic E-state index is 0.212. The van der Waals surface area contributed by atoms with E-state index in [1.165, 1.54) is 18.9 Å². The van der Waals surface area contributed by atoms with E-state index in [1.807, 2.05) is 0 Å². The number of benzene rings is 1. The van der Waals surface area contributed by atoms with Crippen LogP contribution in [0.25, 0.3) is 0 Å². The minimum Gasteiger partial charge on any atom is -0.384 e. The van der Waals surface area contributed by atoms with E-state index >= 15 is 0 Å². The largest absolute Gasteiger partial charge is 0.384 e. The highest BCUT2D eigenvalue weighted by Crippen LogP contribution is 2.28. The molecule has 4 heteroatoms. The van der Waals surface area contributed by atoms with Crippen LogP contribution >= 0.6 is 0 Å². The van der Waals surface area contributed by atoms with Crippen molar-refractivity contribution in [2.24, 2.45) is 0 Å². The molecule has 1 aliphatic rings. The van der Waals surface area contributed by atoms with Gasteiger partial charge in [0.05, 0.1) is 6.61 Å². The van der Waals surface area contributed by atoms with E-state index in [0.29, 0.717) is 30.3 Å². The van der Waals surface area contributed by atoms with Crippen molar-refractivity contribution in [3.63, 3.8) is 0 Å². The first kappa shape index (κ1) is 15.0. The van der Waals surface area contributed by atoms with Gasteiger partial charge in [-0.3, -0.25) is 4.90 Å². The molecule has 1 aromatic carbocycles. The molecule has 0 aromatic heterocycles. The fraction of sp³-hybridized carbons (Fsp3) is 0.500. The molecule has 0 amide bonds. The molecule has 3 nitrogen and oxygen atoms in total. The Hall–Kier alpha value is -1.41. The normalized spacial score (nSPS) is 14.2. The van der Waals surface area contributed by atoms with Crippen LogP contribution in [0.1, 0.15) is 24.0 Å². The second kappa shape index (κ2) is 7.39. The van der Waals surface area contributed by atoms with E-state index in [1.54, 1.807) is 19.2 Å². The van der Waals surface area contributed by atoms with Crippen LogP contribution in [0.2, 0.25) is 0 Å². The highest BCUT2D eigenvalue weighted by Gasteiger charge is 2.29. The molecule has 0 saturated heterocycles. The third-order valence-electron chi connectivity index (χ3n) is 3.38. The topological polar surface area (TPSA) is 32.7 Å². The van der Waals surface area contributed by atoms with Gasteiger partial charge in [-0.05, 0) is 25.0 Å². The average Bonchev–Trinajstić information content (AvgIpc) is 3.27. The predicted octanol–water partition coefficient (Wildman–Crippen LogP) is 1.78. The highest BCUT2D eigenvalue weighted by atomic mass is 19.1. The Morgan fingerprint density at radius 1 is 1.45 bits per heavy atom. The molecular formula is C16H20FNO2. The highest BCUT2D eigenvalue weighted by molar-refractivity contribution is 5.37. The van der Waals surface area contributed by atoms with Crippen LogP contribution in [-0.2, 0) is 11.3 Å². The maximum atomic E-state index is 14.1. The van der Waals surface area contributed by atoms with Crippen LogP contribution in [0.15, 0.2) is 18.2 Å². The monoisotopic (exact) mass is 277 g/mol. The summed E-state index contributed by atoms with van der Waals surface area (Å²) in [6.07, 6.45) is 2.37. The first-order valence-electron chi connectivity index (χ1n) is 6.85. The van der Waals surface area contributed by atoms with Gasteiger partial charge in [-0.25, -0.2) is 4.39 Å². The lowest BCUT2D eigenvalue weighted by atomic mass is 10.1. The molecule has 0 unspecified atom stereocenters. The number of aliphatic hydroxyl groups is 1. The Labute approximate surface area is 119 Å². The van der Waals surface area contributed by atoms with Crippen molar-refractivity contribution in [3.8, 4) is 11.8 Å². The SMILES string of the molecule is COCCN(Cc1ccc(C#CCO)cc1F)C1CC1. The Bertz CT molecular complexity index is 503. The summed E-state index contributed by atoms with van der Waals surface area (Å²) in [5.41, 5.74) is 1.28. The fourth-order valence-corrected chi connectivity index (χ4v) is 2.15. The maximum absolute atomic E-state index is 14.1. The van der Waals surface area contributed by atoms with Crippen molar-refractivity contribution in [1.29, 1.82) is 0 Å². The van der Waals surface area contributed by atoms with E-state index in [4.69, 9.17) is 9.84 Å². The predicted molar refractivity (Wildman–Crippen MR) is 75.7 cm³/mol. The summed E-state index contributed by atoms with van der Waals surface area (Å²) in [7, 11) is 1.68. The summed E-state index contributed by atoms with van der Waals surface area (Å²) < 4.78 is 19.2. The Kier molecular flexibility index (Phi) is 5.54. The Morgan fingerprint density at radius 2 is 2.25 bits per heavy atom. The molecular weight excluding hydrogens is 257 g/mol. The van der Waals surface area contributed by atoms with E-state index in [-0.39, 0.29) is 12.4 Å². The lowest BCUT2D eigenvalue weighted by molar-refractivity contribution is 0.139. The van der Waals surface area contributed by atoms with Crippen LogP contribution in [0.4, 0.5) is 4.39 Å². The van der Waals surface area contributed by atoms with Gasteiger partial charge in [0.25, 0.3) is 0 Å². The average molecular weight is 277 g/mol. The maximum Gasteiger partial charge on any atom is 0.128 e. The first-order valence-corrected chi connectivity index (χ1v) is 6.85. The van der Waals surface area contributed by atoms with Crippen molar-refractivity contribution in [1.82, 2.24) is 4.90 Å². The number of rotatable bonds is 6. The van der Waals surface area contributed by atoms with Crippen molar-refractivity contribution in [2.45, 2.75) is 25.4 Å². The molecule has 0 atom stereocenters. The van der Waals surface area contributed by atoms with Gasteiger partial charge in [-0.2, -0.15) is 0 Å². The molecule has 0 spiro atoms. The van der Waals surface area contributed by atoms with Crippen molar-refractivity contribution >= 4 is 0 Å². The number of aliphatic hydroxyl groups excluding tert-OH is 1. The number of ether oxygens (including phenoxy) is 1. The third-order valence-corrected chi connectivity index (χ3v) is 3.38. The van der Waals surface area contributed by atoms with Gasteiger partial charge in [-0.1, -0.05) is 17.9 Å². The lowest BCUT2D eigenvalue weighted by Gasteiger charge is -2.21. The smallest absolute Gasteiger partial charge is 0.128 e. The molecule has 20 heavy (non-hydrogen) atoms. The van der Waals surface area contributed by atoms with E-state index in [2.05, 4.69) is 16.7 Å². The van der Waals surface area contributed by atoms with Gasteiger partial charge in [0.1, 0.15) is 12.4 Å². The molecule has 0 heterocycles. The zero-order valence-corrected chi connectivity index (χ0v) is 11.7. The van der Waals surface area contributed by atoms with Gasteiger partial charge < -0.3 is 9.84 Å². The van der Waals surface area contributed by atoms with Gasteiger partial charge in [0.2, 0.25) is 0 Å². The zero-order chi connectivity index (χ0) is 14.4. The molecule has 1 aliphatic carbocycles. The molecule has 1 fully saturated rings. The van der Waals surface area contributed by atoms with Crippen molar-refractivity contribution < 1.29 is 14.2 Å². The fourth-order valence-electron chi connectivity index (χ4n) is 2.15.